The van der Waals surface area contributed by atoms with Crippen molar-refractivity contribution in [2.24, 2.45) is 5.92 Å². The Labute approximate surface area is 238 Å². The van der Waals surface area contributed by atoms with Gasteiger partial charge in [0.15, 0.2) is 11.5 Å². The number of rotatable bonds is 14. The van der Waals surface area contributed by atoms with Crippen molar-refractivity contribution in [2.45, 2.75) is 51.0 Å². The van der Waals surface area contributed by atoms with Crippen molar-refractivity contribution in [2.75, 3.05) is 72.5 Å². The number of amides is 1. The second kappa shape index (κ2) is 13.5. The standard InChI is InChI=1S/C28H44N4O7S/c1-4-5-12-30(13-6-11-29(2)3)26(33)19-31-18-22(21-8-9-24-25(17-21)39-20-38-24)27(28(34)35)23(31)10-15-32-14-7-16-40(32,36)37/h8-9,17,22-23,27H,4-7,10-16,18-20H2,1-3H3,(H,34,35). The maximum atomic E-state index is 13.6. The number of benzene rings is 1. The van der Waals surface area contributed by atoms with Crippen molar-refractivity contribution in [3.05, 3.63) is 23.8 Å². The molecule has 2 saturated heterocycles. The Morgan fingerprint density at radius 1 is 1.10 bits per heavy atom. The maximum Gasteiger partial charge on any atom is 0.308 e. The predicted octanol–water partition coefficient (Wildman–Crippen LogP) is 1.89. The van der Waals surface area contributed by atoms with Gasteiger partial charge in [0.05, 0.1) is 18.2 Å². The van der Waals surface area contributed by atoms with Crippen LogP contribution < -0.4 is 9.47 Å². The van der Waals surface area contributed by atoms with Crippen LogP contribution in [0.1, 0.15) is 50.5 Å². The molecular weight excluding hydrogens is 536 g/mol. The summed E-state index contributed by atoms with van der Waals surface area (Å²) in [6.45, 7) is 5.61. The van der Waals surface area contributed by atoms with E-state index in [1.54, 1.807) is 6.07 Å². The number of carboxylic acid groups (broad SMARTS) is 1. The first-order valence-electron chi connectivity index (χ1n) is 14.4. The van der Waals surface area contributed by atoms with Crippen LogP contribution in [0.3, 0.4) is 0 Å². The van der Waals surface area contributed by atoms with E-state index >= 15 is 0 Å². The Morgan fingerprint density at radius 2 is 1.85 bits per heavy atom. The number of hydrogen-bond acceptors (Lipinski definition) is 8. The number of carboxylic acids is 1. The fourth-order valence-electron chi connectivity index (χ4n) is 6.11. The largest absolute Gasteiger partial charge is 0.481 e. The first-order chi connectivity index (χ1) is 19.1. The Morgan fingerprint density at radius 3 is 2.52 bits per heavy atom. The van der Waals surface area contributed by atoms with Crippen LogP contribution >= 0.6 is 0 Å². The maximum absolute atomic E-state index is 13.6. The lowest BCUT2D eigenvalue weighted by Gasteiger charge is -2.30. The van der Waals surface area contributed by atoms with Gasteiger partial charge in [0, 0.05) is 44.7 Å². The van der Waals surface area contributed by atoms with Crippen molar-refractivity contribution >= 4 is 21.9 Å². The molecule has 0 saturated carbocycles. The molecule has 3 atom stereocenters. The van der Waals surface area contributed by atoms with Crippen molar-refractivity contribution in [3.8, 4) is 11.5 Å². The van der Waals surface area contributed by atoms with E-state index in [4.69, 9.17) is 9.47 Å². The normalized spacial score (nSPS) is 24.1. The Hall–Kier alpha value is -2.41. The van der Waals surface area contributed by atoms with Crippen molar-refractivity contribution in [1.82, 2.24) is 19.0 Å². The molecule has 3 heterocycles. The quantitative estimate of drug-likeness (QED) is 0.352. The van der Waals surface area contributed by atoms with Crippen molar-refractivity contribution in [3.63, 3.8) is 0 Å². The van der Waals surface area contributed by atoms with Gasteiger partial charge in [-0.2, -0.15) is 0 Å². The Kier molecular flexibility index (Phi) is 10.3. The van der Waals surface area contributed by atoms with Crippen molar-refractivity contribution in [1.29, 1.82) is 0 Å². The fraction of sp³-hybridized carbons (Fsp3) is 0.714. The molecule has 12 heteroatoms. The lowest BCUT2D eigenvalue weighted by molar-refractivity contribution is -0.143. The van der Waals surface area contributed by atoms with Crippen LogP contribution in [0.15, 0.2) is 18.2 Å². The number of fused-ring (bicyclic) bond motifs is 1. The van der Waals surface area contributed by atoms with Gasteiger partial charge in [-0.15, -0.1) is 0 Å². The number of carbonyl (C=O) groups excluding carboxylic acids is 1. The summed E-state index contributed by atoms with van der Waals surface area (Å²) in [5.41, 5.74) is 0.819. The summed E-state index contributed by atoms with van der Waals surface area (Å²) in [6.07, 6.45) is 3.66. The Bertz CT molecular complexity index is 1150. The van der Waals surface area contributed by atoms with E-state index in [2.05, 4.69) is 11.8 Å². The van der Waals surface area contributed by atoms with Crippen LogP contribution in [-0.4, -0.2) is 123 Å². The lowest BCUT2D eigenvalue weighted by atomic mass is 9.84. The zero-order valence-electron chi connectivity index (χ0n) is 24.0. The first kappa shape index (κ1) is 30.5. The second-order valence-electron chi connectivity index (χ2n) is 11.3. The van der Waals surface area contributed by atoms with Gasteiger partial charge in [0.1, 0.15) is 0 Å². The van der Waals surface area contributed by atoms with Gasteiger partial charge >= 0.3 is 5.97 Å². The average Bonchev–Trinajstić information content (AvgIpc) is 3.60. The third-order valence-corrected chi connectivity index (χ3v) is 10.2. The van der Waals surface area contributed by atoms with E-state index in [1.807, 2.05) is 36.0 Å². The average molecular weight is 581 g/mol. The highest BCUT2D eigenvalue weighted by molar-refractivity contribution is 7.89. The molecule has 2 fully saturated rings. The number of hydrogen-bond donors (Lipinski definition) is 1. The molecule has 1 aromatic carbocycles. The summed E-state index contributed by atoms with van der Waals surface area (Å²) < 4.78 is 37.4. The van der Waals surface area contributed by atoms with Gasteiger partial charge in [-0.25, -0.2) is 12.7 Å². The Balaban J connectivity index is 1.57. The SMILES string of the molecule is CCCCN(CCCN(C)C)C(=O)CN1CC(c2ccc3c(c2)OCO3)C(C(=O)O)C1CCN1CCCS1(=O)=O. The van der Waals surface area contributed by atoms with E-state index in [9.17, 15) is 23.1 Å². The van der Waals surface area contributed by atoms with E-state index in [0.29, 0.717) is 50.5 Å². The van der Waals surface area contributed by atoms with Gasteiger partial charge in [0.2, 0.25) is 22.7 Å². The number of unbranched alkanes of at least 4 members (excludes halogenated alkanes) is 1. The van der Waals surface area contributed by atoms with E-state index in [-0.39, 0.29) is 37.5 Å². The van der Waals surface area contributed by atoms with E-state index in [0.717, 1.165) is 31.4 Å². The smallest absolute Gasteiger partial charge is 0.308 e. The molecule has 0 spiro atoms. The molecule has 0 aromatic heterocycles. The molecule has 1 amide bonds. The van der Waals surface area contributed by atoms with Gasteiger partial charge in [0.25, 0.3) is 0 Å². The second-order valence-corrected chi connectivity index (χ2v) is 13.4. The first-order valence-corrected chi connectivity index (χ1v) is 16.0. The molecule has 3 aliphatic rings. The topological polar surface area (TPSA) is 120 Å². The number of sulfonamides is 1. The van der Waals surface area contributed by atoms with Crippen LogP contribution in [0.25, 0.3) is 0 Å². The zero-order chi connectivity index (χ0) is 28.9. The summed E-state index contributed by atoms with van der Waals surface area (Å²) in [6, 6.07) is 5.02. The molecule has 1 N–H and O–H groups in total. The minimum atomic E-state index is -3.31. The highest BCUT2D eigenvalue weighted by atomic mass is 32.2. The van der Waals surface area contributed by atoms with E-state index in [1.165, 1.54) is 4.31 Å². The summed E-state index contributed by atoms with van der Waals surface area (Å²) in [4.78, 5) is 32.4. The molecule has 40 heavy (non-hydrogen) atoms. The number of likely N-dealkylation sites (tertiary alicyclic amines) is 1. The van der Waals surface area contributed by atoms with Gasteiger partial charge < -0.3 is 24.4 Å². The summed E-state index contributed by atoms with van der Waals surface area (Å²) in [5, 5.41) is 10.4. The molecule has 0 bridgehead atoms. The zero-order valence-corrected chi connectivity index (χ0v) is 24.8. The van der Waals surface area contributed by atoms with Crippen LogP contribution in [0.5, 0.6) is 11.5 Å². The molecule has 4 rings (SSSR count). The van der Waals surface area contributed by atoms with Gasteiger partial charge in [-0.1, -0.05) is 19.4 Å². The summed E-state index contributed by atoms with van der Waals surface area (Å²) >= 11 is 0. The third kappa shape index (κ3) is 7.26. The predicted molar refractivity (Wildman–Crippen MR) is 151 cm³/mol. The molecule has 1 aromatic rings. The van der Waals surface area contributed by atoms with Crippen LogP contribution in [-0.2, 0) is 19.6 Å². The van der Waals surface area contributed by atoms with Gasteiger partial charge in [-0.3, -0.25) is 14.5 Å². The van der Waals surface area contributed by atoms with E-state index < -0.39 is 28.0 Å². The lowest BCUT2D eigenvalue weighted by Crippen LogP contribution is -2.46. The summed E-state index contributed by atoms with van der Waals surface area (Å²) in [7, 11) is 0.707. The minimum absolute atomic E-state index is 0.0125. The highest BCUT2D eigenvalue weighted by Gasteiger charge is 2.48. The van der Waals surface area contributed by atoms with Crippen molar-refractivity contribution < 1.29 is 32.6 Å². The molecular formula is C28H44N4O7S. The molecule has 11 nitrogen and oxygen atoms in total. The van der Waals surface area contributed by atoms with Crippen LogP contribution in [0.2, 0.25) is 0 Å². The number of aliphatic carboxylic acids is 1. The van der Waals surface area contributed by atoms with Crippen LogP contribution in [0, 0.1) is 5.92 Å². The molecule has 3 aliphatic heterocycles. The summed E-state index contributed by atoms with van der Waals surface area (Å²) in [5.74, 6) is -0.791. The monoisotopic (exact) mass is 580 g/mol. The number of nitrogens with zero attached hydrogens (tertiary/aromatic N) is 4. The molecule has 3 unspecified atom stereocenters. The number of ether oxygens (including phenoxy) is 2. The molecule has 0 aliphatic carbocycles. The minimum Gasteiger partial charge on any atom is -0.481 e. The fourth-order valence-corrected chi connectivity index (χ4v) is 7.66. The third-order valence-electron chi connectivity index (χ3n) is 8.24. The van der Waals surface area contributed by atoms with Crippen LogP contribution in [0.4, 0.5) is 0 Å². The molecule has 224 valence electrons. The molecule has 0 radical (unpaired) electrons. The van der Waals surface area contributed by atoms with Gasteiger partial charge in [-0.05, 0) is 64.0 Å². The number of carbonyl (C=O) groups is 2. The highest BCUT2D eigenvalue weighted by Crippen LogP contribution is 2.43.